The van der Waals surface area contributed by atoms with E-state index in [2.05, 4.69) is 20.1 Å². The first-order chi connectivity index (χ1) is 10.7. The quantitative estimate of drug-likeness (QED) is 0.123. The molecule has 0 aromatic heterocycles. The van der Waals surface area contributed by atoms with E-state index in [9.17, 15) is 4.79 Å². The van der Waals surface area contributed by atoms with Crippen molar-refractivity contribution >= 4 is 5.97 Å². The molecule has 0 unspecified atom stereocenters. The Labute approximate surface area is 136 Å². The summed E-state index contributed by atoms with van der Waals surface area (Å²) in [4.78, 5) is 11.6. The zero-order chi connectivity index (χ0) is 16.5. The molecule has 0 spiro atoms. The Morgan fingerprint density at radius 2 is 1.50 bits per heavy atom. The zero-order valence-corrected chi connectivity index (χ0v) is 14.4. The minimum atomic E-state index is -0.347. The van der Waals surface area contributed by atoms with E-state index >= 15 is 0 Å². The van der Waals surface area contributed by atoms with Crippen LogP contribution in [0.1, 0.15) is 77.6 Å². The summed E-state index contributed by atoms with van der Waals surface area (Å²) in [5.74, 6) is -0.347. The van der Waals surface area contributed by atoms with Crippen molar-refractivity contribution in [1.29, 1.82) is 0 Å². The summed E-state index contributed by atoms with van der Waals surface area (Å²) in [5, 5.41) is 0. The lowest BCUT2D eigenvalue weighted by atomic mass is 10.0. The molecule has 0 bridgehead atoms. The fourth-order valence-electron chi connectivity index (χ4n) is 2.26. The third kappa shape index (κ3) is 13.9. The molecule has 0 heterocycles. The van der Waals surface area contributed by atoms with E-state index in [1.54, 1.807) is 6.08 Å². The van der Waals surface area contributed by atoms with Crippen LogP contribution in [-0.2, 0) is 14.3 Å². The van der Waals surface area contributed by atoms with E-state index in [0.29, 0.717) is 12.2 Å². The molecule has 0 rings (SSSR count). The van der Waals surface area contributed by atoms with Crippen molar-refractivity contribution in [3.63, 3.8) is 0 Å². The Hall–Kier alpha value is -1.09. The zero-order valence-electron chi connectivity index (χ0n) is 14.4. The van der Waals surface area contributed by atoms with Gasteiger partial charge in [-0.05, 0) is 12.8 Å². The van der Waals surface area contributed by atoms with Gasteiger partial charge in [-0.2, -0.15) is 0 Å². The minimum absolute atomic E-state index is 0.0259. The van der Waals surface area contributed by atoms with Crippen LogP contribution < -0.4 is 0 Å². The Kier molecular flexibility index (Phi) is 15.5. The molecule has 128 valence electrons. The Morgan fingerprint density at radius 1 is 0.955 bits per heavy atom. The highest BCUT2D eigenvalue weighted by Gasteiger charge is 2.07. The van der Waals surface area contributed by atoms with Crippen LogP contribution in [0.5, 0.6) is 0 Å². The van der Waals surface area contributed by atoms with Crippen molar-refractivity contribution in [3.8, 4) is 0 Å². The van der Waals surface area contributed by atoms with Crippen LogP contribution in [0.3, 0.4) is 0 Å². The van der Waals surface area contributed by atoms with Gasteiger partial charge in [0, 0.05) is 5.57 Å². The molecular formula is C19H34O3. The van der Waals surface area contributed by atoms with Crippen molar-refractivity contribution < 1.29 is 14.3 Å². The van der Waals surface area contributed by atoms with Gasteiger partial charge < -0.3 is 9.47 Å². The van der Waals surface area contributed by atoms with Crippen LogP contribution >= 0.6 is 0 Å². The molecular weight excluding hydrogens is 276 g/mol. The lowest BCUT2D eigenvalue weighted by Gasteiger charge is -2.07. The topological polar surface area (TPSA) is 35.5 Å². The number of carbonyl (C=O) groups is 1. The van der Waals surface area contributed by atoms with Crippen LogP contribution in [0.15, 0.2) is 24.8 Å². The third-order valence-electron chi connectivity index (χ3n) is 3.63. The van der Waals surface area contributed by atoms with E-state index in [0.717, 1.165) is 19.3 Å². The van der Waals surface area contributed by atoms with Crippen LogP contribution in [0.4, 0.5) is 0 Å². The molecule has 0 aliphatic heterocycles. The standard InChI is InChI=1S/C19H34O3/c1-4-6-7-8-9-10-11-12-13-14-15-18(3)19(20)22-17-21-16-5-2/h5H,2-4,6-17H2,1H3. The van der Waals surface area contributed by atoms with Crippen molar-refractivity contribution in [2.24, 2.45) is 0 Å². The molecule has 0 aromatic rings. The number of carbonyl (C=O) groups excluding carboxylic acids is 1. The van der Waals surface area contributed by atoms with Gasteiger partial charge in [-0.3, -0.25) is 0 Å². The summed E-state index contributed by atoms with van der Waals surface area (Å²) in [6.07, 6.45) is 15.2. The number of esters is 1. The molecule has 0 aliphatic rings. The van der Waals surface area contributed by atoms with E-state index in [-0.39, 0.29) is 12.8 Å². The molecule has 0 N–H and O–H groups in total. The van der Waals surface area contributed by atoms with E-state index in [1.807, 2.05) is 0 Å². The summed E-state index contributed by atoms with van der Waals surface area (Å²) in [5.41, 5.74) is 0.543. The van der Waals surface area contributed by atoms with E-state index < -0.39 is 0 Å². The fourth-order valence-corrected chi connectivity index (χ4v) is 2.26. The van der Waals surface area contributed by atoms with Gasteiger partial charge in [0.2, 0.25) is 0 Å². The number of unbranched alkanes of at least 4 members (excludes halogenated alkanes) is 9. The second-order valence-electron chi connectivity index (χ2n) is 5.74. The molecule has 0 atom stereocenters. The highest BCUT2D eigenvalue weighted by atomic mass is 16.7. The van der Waals surface area contributed by atoms with Gasteiger partial charge in [0.1, 0.15) is 0 Å². The average molecular weight is 310 g/mol. The van der Waals surface area contributed by atoms with Crippen LogP contribution in [0, 0.1) is 0 Å². The van der Waals surface area contributed by atoms with Crippen LogP contribution in [0.25, 0.3) is 0 Å². The average Bonchev–Trinajstić information content (AvgIpc) is 2.53. The first kappa shape index (κ1) is 20.9. The molecule has 0 radical (unpaired) electrons. The minimum Gasteiger partial charge on any atom is -0.435 e. The van der Waals surface area contributed by atoms with E-state index in [1.165, 1.54) is 51.4 Å². The Bertz CT molecular complexity index is 297. The highest BCUT2D eigenvalue weighted by Crippen LogP contribution is 2.13. The smallest absolute Gasteiger partial charge is 0.335 e. The van der Waals surface area contributed by atoms with Crippen molar-refractivity contribution in [1.82, 2.24) is 0 Å². The summed E-state index contributed by atoms with van der Waals surface area (Å²) in [6.45, 7) is 9.91. The highest BCUT2D eigenvalue weighted by molar-refractivity contribution is 5.87. The van der Waals surface area contributed by atoms with Gasteiger partial charge in [0.15, 0.2) is 6.79 Å². The van der Waals surface area contributed by atoms with Crippen LogP contribution in [0.2, 0.25) is 0 Å². The third-order valence-corrected chi connectivity index (χ3v) is 3.63. The molecule has 3 heteroatoms. The second kappa shape index (κ2) is 16.3. The van der Waals surface area contributed by atoms with Crippen molar-refractivity contribution in [2.45, 2.75) is 77.6 Å². The Morgan fingerprint density at radius 3 is 2.05 bits per heavy atom. The fraction of sp³-hybridized carbons (Fsp3) is 0.737. The predicted octanol–water partition coefficient (Wildman–Crippen LogP) is 5.56. The van der Waals surface area contributed by atoms with Gasteiger partial charge in [0.25, 0.3) is 0 Å². The summed E-state index contributed by atoms with van der Waals surface area (Å²) in [6, 6.07) is 0. The largest absolute Gasteiger partial charge is 0.435 e. The maximum absolute atomic E-state index is 11.6. The van der Waals surface area contributed by atoms with Gasteiger partial charge in [-0.25, -0.2) is 4.79 Å². The van der Waals surface area contributed by atoms with Gasteiger partial charge in [0.05, 0.1) is 6.61 Å². The Balaban J connectivity index is 3.33. The molecule has 3 nitrogen and oxygen atoms in total. The number of rotatable bonds is 16. The molecule has 22 heavy (non-hydrogen) atoms. The van der Waals surface area contributed by atoms with Crippen molar-refractivity contribution in [2.75, 3.05) is 13.4 Å². The van der Waals surface area contributed by atoms with Crippen LogP contribution in [-0.4, -0.2) is 19.4 Å². The normalized spacial score (nSPS) is 10.4. The van der Waals surface area contributed by atoms with Gasteiger partial charge in [-0.15, -0.1) is 6.58 Å². The monoisotopic (exact) mass is 310 g/mol. The SMILES string of the molecule is C=CCOCOC(=O)C(=C)CCCCCCCCCCCC. The first-order valence-electron chi connectivity index (χ1n) is 8.75. The van der Waals surface area contributed by atoms with Gasteiger partial charge >= 0.3 is 5.97 Å². The molecule has 0 fully saturated rings. The summed E-state index contributed by atoms with van der Waals surface area (Å²) in [7, 11) is 0. The molecule has 0 amide bonds. The predicted molar refractivity (Wildman–Crippen MR) is 92.7 cm³/mol. The van der Waals surface area contributed by atoms with Gasteiger partial charge in [-0.1, -0.05) is 77.4 Å². The molecule has 0 aliphatic carbocycles. The summed E-state index contributed by atoms with van der Waals surface area (Å²) >= 11 is 0. The maximum atomic E-state index is 11.6. The number of ether oxygens (including phenoxy) is 2. The van der Waals surface area contributed by atoms with Crippen molar-refractivity contribution in [3.05, 3.63) is 24.8 Å². The lowest BCUT2D eigenvalue weighted by Crippen LogP contribution is -2.10. The first-order valence-corrected chi connectivity index (χ1v) is 8.75. The molecule has 0 saturated carbocycles. The molecule has 0 aromatic carbocycles. The number of hydrogen-bond acceptors (Lipinski definition) is 3. The molecule has 0 saturated heterocycles. The van der Waals surface area contributed by atoms with E-state index in [4.69, 9.17) is 9.47 Å². The maximum Gasteiger partial charge on any atom is 0.335 e. The lowest BCUT2D eigenvalue weighted by molar-refractivity contribution is -0.150. The second-order valence-corrected chi connectivity index (χ2v) is 5.74. The summed E-state index contributed by atoms with van der Waals surface area (Å²) < 4.78 is 9.95. The number of hydrogen-bond donors (Lipinski definition) is 0.